The maximum atomic E-state index is 13.5. The number of sulfonamides is 1. The minimum atomic E-state index is -3.86. The third kappa shape index (κ3) is 5.17. The molecule has 2 heterocycles. The molecule has 38 heavy (non-hydrogen) atoms. The van der Waals surface area contributed by atoms with Crippen LogP contribution in [-0.4, -0.2) is 47.8 Å². The third-order valence-corrected chi connectivity index (χ3v) is 9.73. The lowest BCUT2D eigenvalue weighted by molar-refractivity contribution is -0.126. The van der Waals surface area contributed by atoms with Crippen LogP contribution in [0.1, 0.15) is 58.9 Å². The summed E-state index contributed by atoms with van der Waals surface area (Å²) in [6, 6.07) is 12.5. The maximum Gasteiger partial charge on any atom is 0.336 e. The average Bonchev–Trinajstić information content (AvgIpc) is 2.90. The van der Waals surface area contributed by atoms with Crippen molar-refractivity contribution < 1.29 is 23.1 Å². The number of pyridine rings is 1. The summed E-state index contributed by atoms with van der Waals surface area (Å²) in [5.74, 6) is -1.03. The zero-order valence-corrected chi connectivity index (χ0v) is 22.6. The molecule has 5 rings (SSSR count). The number of carboxylic acid groups (broad SMARTS) is 1. The predicted molar refractivity (Wildman–Crippen MR) is 144 cm³/mol. The van der Waals surface area contributed by atoms with Gasteiger partial charge in [0.1, 0.15) is 0 Å². The molecule has 2 aliphatic rings. The summed E-state index contributed by atoms with van der Waals surface area (Å²) in [6.07, 6.45) is 3.16. The highest BCUT2D eigenvalue weighted by molar-refractivity contribution is 7.89. The minimum Gasteiger partial charge on any atom is -0.478 e. The van der Waals surface area contributed by atoms with Gasteiger partial charge in [-0.1, -0.05) is 36.8 Å². The number of aromatic nitrogens is 1. The van der Waals surface area contributed by atoms with Gasteiger partial charge in [-0.2, -0.15) is 4.31 Å². The summed E-state index contributed by atoms with van der Waals surface area (Å²) in [5, 5.41) is 13.4. The number of aryl methyl sites for hydroxylation is 2. The predicted octanol–water partition coefficient (Wildman–Crippen LogP) is 4.08. The Morgan fingerprint density at radius 2 is 1.79 bits per heavy atom. The van der Waals surface area contributed by atoms with Gasteiger partial charge < -0.3 is 10.4 Å². The van der Waals surface area contributed by atoms with Gasteiger partial charge in [-0.3, -0.25) is 9.78 Å². The fraction of sp³-hybridized carbons (Fsp3) is 0.414. The number of carbonyl (C=O) groups is 2. The van der Waals surface area contributed by atoms with Crippen molar-refractivity contribution in [2.24, 2.45) is 11.8 Å². The molecule has 0 bridgehead atoms. The van der Waals surface area contributed by atoms with E-state index < -0.39 is 16.0 Å². The van der Waals surface area contributed by atoms with Crippen LogP contribution in [0.4, 0.5) is 0 Å². The number of rotatable bonds is 6. The van der Waals surface area contributed by atoms with E-state index in [4.69, 9.17) is 0 Å². The molecule has 1 aromatic heterocycles. The summed E-state index contributed by atoms with van der Waals surface area (Å²) in [7, 11) is -3.86. The largest absolute Gasteiger partial charge is 0.478 e. The fourth-order valence-electron chi connectivity index (χ4n) is 5.54. The molecule has 0 saturated carbocycles. The Kier molecular flexibility index (Phi) is 7.24. The van der Waals surface area contributed by atoms with Crippen molar-refractivity contribution in [2.75, 3.05) is 13.1 Å². The Labute approximate surface area is 223 Å². The number of nitrogens with zero attached hydrogens (tertiary/aromatic N) is 2. The first-order valence-electron chi connectivity index (χ1n) is 13.2. The van der Waals surface area contributed by atoms with E-state index in [0.717, 1.165) is 35.2 Å². The van der Waals surface area contributed by atoms with Crippen molar-refractivity contribution in [3.05, 3.63) is 70.4 Å². The molecular weight excluding hydrogens is 502 g/mol. The van der Waals surface area contributed by atoms with Gasteiger partial charge in [0.15, 0.2) is 0 Å². The molecule has 9 heteroatoms. The molecule has 1 fully saturated rings. The van der Waals surface area contributed by atoms with E-state index >= 15 is 0 Å². The van der Waals surface area contributed by atoms with E-state index in [-0.39, 0.29) is 35.4 Å². The highest BCUT2D eigenvalue weighted by atomic mass is 32.2. The van der Waals surface area contributed by atoms with E-state index in [9.17, 15) is 23.1 Å². The number of benzene rings is 2. The van der Waals surface area contributed by atoms with Gasteiger partial charge in [0.05, 0.1) is 16.0 Å². The van der Waals surface area contributed by atoms with Gasteiger partial charge in [-0.05, 0) is 74.3 Å². The molecule has 0 radical (unpaired) electrons. The first-order valence-corrected chi connectivity index (χ1v) is 14.6. The number of nitrogens with one attached hydrogen (secondary N) is 1. The van der Waals surface area contributed by atoms with Crippen LogP contribution in [0.15, 0.2) is 47.4 Å². The van der Waals surface area contributed by atoms with Crippen LogP contribution in [0, 0.1) is 18.8 Å². The van der Waals surface area contributed by atoms with Crippen molar-refractivity contribution in [1.82, 2.24) is 14.6 Å². The molecule has 8 nitrogen and oxygen atoms in total. The number of amides is 1. The Bertz CT molecular complexity index is 1490. The van der Waals surface area contributed by atoms with Gasteiger partial charge in [-0.15, -0.1) is 0 Å². The average molecular weight is 536 g/mol. The molecule has 1 atom stereocenters. The van der Waals surface area contributed by atoms with Crippen LogP contribution >= 0.6 is 0 Å². The van der Waals surface area contributed by atoms with E-state index in [2.05, 4.69) is 17.2 Å². The molecule has 0 unspecified atom stereocenters. The topological polar surface area (TPSA) is 117 Å². The van der Waals surface area contributed by atoms with Gasteiger partial charge in [0, 0.05) is 36.6 Å². The van der Waals surface area contributed by atoms with Crippen LogP contribution in [0.3, 0.4) is 0 Å². The lowest BCUT2D eigenvalue weighted by atomic mass is 9.84. The van der Waals surface area contributed by atoms with E-state index in [1.165, 1.54) is 16.4 Å². The Hall–Kier alpha value is -3.30. The Morgan fingerprint density at radius 3 is 2.47 bits per heavy atom. The van der Waals surface area contributed by atoms with Gasteiger partial charge in [0.25, 0.3) is 0 Å². The fourth-order valence-corrected chi connectivity index (χ4v) is 7.04. The second kappa shape index (κ2) is 10.5. The van der Waals surface area contributed by atoms with Gasteiger partial charge in [-0.25, -0.2) is 13.2 Å². The quantitative estimate of drug-likeness (QED) is 0.491. The minimum absolute atomic E-state index is 0.0559. The first kappa shape index (κ1) is 26.3. The number of carboxylic acids is 1. The van der Waals surface area contributed by atoms with Crippen molar-refractivity contribution in [3.63, 3.8) is 0 Å². The van der Waals surface area contributed by atoms with Crippen molar-refractivity contribution in [1.29, 1.82) is 0 Å². The molecule has 1 aliphatic carbocycles. The summed E-state index contributed by atoms with van der Waals surface area (Å²) in [5.41, 5.74) is 4.36. The third-order valence-electron chi connectivity index (χ3n) is 7.83. The van der Waals surface area contributed by atoms with Crippen LogP contribution < -0.4 is 5.32 Å². The van der Waals surface area contributed by atoms with E-state index in [1.807, 2.05) is 31.2 Å². The lowest BCUT2D eigenvalue weighted by Gasteiger charge is -2.30. The monoisotopic (exact) mass is 535 g/mol. The molecule has 2 aromatic carbocycles. The van der Waals surface area contributed by atoms with Gasteiger partial charge >= 0.3 is 5.97 Å². The van der Waals surface area contributed by atoms with Crippen molar-refractivity contribution in [3.8, 4) is 0 Å². The molecule has 0 spiro atoms. The number of aromatic carboxylic acids is 1. The van der Waals surface area contributed by atoms with Gasteiger partial charge in [0.2, 0.25) is 15.9 Å². The van der Waals surface area contributed by atoms with Crippen LogP contribution in [-0.2, 0) is 34.2 Å². The first-order chi connectivity index (χ1) is 18.1. The molecule has 1 aliphatic heterocycles. The second-order valence-corrected chi connectivity index (χ2v) is 12.6. The standard InChI is InChI=1S/C29H33N3O5S/c1-18-3-6-20(7-4-18)17-30-28(33)21-11-13-32(14-12-21)38(36,37)22-8-10-26-24(16-22)27(29(34)35)23-15-19(2)5-9-25(23)31-26/h3-4,6-8,10,16,19,21H,5,9,11-15,17H2,1-2H3,(H,30,33)(H,34,35)/t19-/m1/s1. The number of hydrogen-bond acceptors (Lipinski definition) is 5. The number of carbonyl (C=O) groups excluding carboxylic acids is 1. The molecule has 200 valence electrons. The molecule has 1 amide bonds. The van der Waals surface area contributed by atoms with Crippen molar-refractivity contribution >= 4 is 32.8 Å². The normalized spacial score (nSPS) is 18.7. The van der Waals surface area contributed by atoms with E-state index in [1.54, 1.807) is 6.07 Å². The highest BCUT2D eigenvalue weighted by Gasteiger charge is 2.33. The number of piperidine rings is 1. The van der Waals surface area contributed by atoms with Crippen LogP contribution in [0.5, 0.6) is 0 Å². The molecular formula is C29H33N3O5S. The second-order valence-electron chi connectivity index (χ2n) is 10.6. The molecule has 3 aromatic rings. The zero-order valence-electron chi connectivity index (χ0n) is 21.7. The smallest absolute Gasteiger partial charge is 0.336 e. The lowest BCUT2D eigenvalue weighted by Crippen LogP contribution is -2.42. The molecule has 2 N–H and O–H groups in total. The van der Waals surface area contributed by atoms with Crippen molar-refractivity contribution in [2.45, 2.75) is 57.4 Å². The maximum absolute atomic E-state index is 13.5. The van der Waals surface area contributed by atoms with Crippen LogP contribution in [0.2, 0.25) is 0 Å². The number of hydrogen-bond donors (Lipinski definition) is 2. The zero-order chi connectivity index (χ0) is 27.0. The number of fused-ring (bicyclic) bond motifs is 2. The van der Waals surface area contributed by atoms with E-state index in [0.29, 0.717) is 42.6 Å². The Balaban J connectivity index is 1.32. The summed E-state index contributed by atoms with van der Waals surface area (Å²) in [6.45, 7) is 5.00. The highest BCUT2D eigenvalue weighted by Crippen LogP contribution is 2.33. The summed E-state index contributed by atoms with van der Waals surface area (Å²) < 4.78 is 28.4. The Morgan fingerprint density at radius 1 is 1.08 bits per heavy atom. The van der Waals surface area contributed by atoms with Crippen LogP contribution in [0.25, 0.3) is 10.9 Å². The SMILES string of the molecule is Cc1ccc(CNC(=O)C2CCN(S(=O)(=O)c3ccc4nc5c(c(C(=O)O)c4c3)C[C@H](C)CC5)CC2)cc1. The summed E-state index contributed by atoms with van der Waals surface area (Å²) >= 11 is 0. The summed E-state index contributed by atoms with van der Waals surface area (Å²) in [4.78, 5) is 29.7. The molecule has 1 saturated heterocycles.